The highest BCUT2D eigenvalue weighted by Gasteiger charge is 2.17. The molecule has 1 aromatic heterocycles. The SMILES string of the molecule is Cc1ccc(-n2c(-c3ccccc3Cl)nc3ccc(Cl)cc3c2=O)cc1F. The number of hydrogen-bond donors (Lipinski definition) is 0. The van der Waals surface area contributed by atoms with Crippen LogP contribution in [0.1, 0.15) is 5.56 Å². The Kier molecular flexibility index (Phi) is 4.46. The summed E-state index contributed by atoms with van der Waals surface area (Å²) in [6.45, 7) is 1.66. The van der Waals surface area contributed by atoms with Crippen molar-refractivity contribution < 1.29 is 4.39 Å². The van der Waals surface area contributed by atoms with E-state index in [0.29, 0.717) is 43.6 Å². The molecule has 3 aromatic carbocycles. The van der Waals surface area contributed by atoms with E-state index in [0.717, 1.165) is 0 Å². The van der Waals surface area contributed by atoms with E-state index < -0.39 is 5.82 Å². The van der Waals surface area contributed by atoms with Crippen molar-refractivity contribution in [2.24, 2.45) is 0 Å². The Bertz CT molecular complexity index is 1250. The Labute approximate surface area is 164 Å². The predicted octanol–water partition coefficient (Wildman–Crippen LogP) is 5.81. The number of aryl methyl sites for hydroxylation is 1. The topological polar surface area (TPSA) is 34.9 Å². The second-order valence-corrected chi connectivity index (χ2v) is 6.99. The van der Waals surface area contributed by atoms with Crippen LogP contribution in [0.2, 0.25) is 10.0 Å². The first-order valence-electron chi connectivity index (χ1n) is 8.19. The quantitative estimate of drug-likeness (QED) is 0.427. The van der Waals surface area contributed by atoms with Gasteiger partial charge in [-0.3, -0.25) is 9.36 Å². The van der Waals surface area contributed by atoms with Crippen LogP contribution in [0.4, 0.5) is 4.39 Å². The van der Waals surface area contributed by atoms with Crippen LogP contribution in [-0.2, 0) is 0 Å². The molecule has 6 heteroatoms. The first-order valence-corrected chi connectivity index (χ1v) is 8.95. The molecule has 4 rings (SSSR count). The van der Waals surface area contributed by atoms with Gasteiger partial charge in [-0.15, -0.1) is 0 Å². The number of nitrogens with zero attached hydrogens (tertiary/aromatic N) is 2. The van der Waals surface area contributed by atoms with Gasteiger partial charge in [-0.25, -0.2) is 9.37 Å². The van der Waals surface area contributed by atoms with E-state index in [4.69, 9.17) is 23.2 Å². The van der Waals surface area contributed by atoms with E-state index in [1.54, 1.807) is 61.5 Å². The average Bonchev–Trinajstić information content (AvgIpc) is 2.65. The number of aromatic nitrogens is 2. The maximum Gasteiger partial charge on any atom is 0.266 e. The van der Waals surface area contributed by atoms with Crippen LogP contribution in [0.15, 0.2) is 65.5 Å². The molecule has 0 aliphatic carbocycles. The highest BCUT2D eigenvalue weighted by Crippen LogP contribution is 2.29. The summed E-state index contributed by atoms with van der Waals surface area (Å²) in [5, 5.41) is 1.21. The van der Waals surface area contributed by atoms with Crippen LogP contribution >= 0.6 is 23.2 Å². The van der Waals surface area contributed by atoms with Gasteiger partial charge in [-0.1, -0.05) is 41.4 Å². The lowest BCUT2D eigenvalue weighted by molar-refractivity contribution is 0.617. The summed E-state index contributed by atoms with van der Waals surface area (Å²) in [7, 11) is 0. The van der Waals surface area contributed by atoms with Gasteiger partial charge in [-0.05, 0) is 55.0 Å². The molecule has 0 saturated carbocycles. The zero-order valence-corrected chi connectivity index (χ0v) is 15.7. The van der Waals surface area contributed by atoms with Crippen molar-refractivity contribution in [3.8, 4) is 17.1 Å². The molecule has 0 aliphatic rings. The predicted molar refractivity (Wildman–Crippen MR) is 107 cm³/mol. The van der Waals surface area contributed by atoms with E-state index in [1.165, 1.54) is 10.6 Å². The summed E-state index contributed by atoms with van der Waals surface area (Å²) >= 11 is 12.4. The molecule has 0 radical (unpaired) electrons. The smallest absolute Gasteiger partial charge is 0.266 e. The summed E-state index contributed by atoms with van der Waals surface area (Å²) in [4.78, 5) is 17.9. The van der Waals surface area contributed by atoms with Crippen LogP contribution in [0.5, 0.6) is 0 Å². The van der Waals surface area contributed by atoms with Gasteiger partial charge >= 0.3 is 0 Å². The minimum atomic E-state index is -0.407. The maximum absolute atomic E-state index is 14.2. The number of halogens is 3. The zero-order valence-electron chi connectivity index (χ0n) is 14.2. The number of rotatable bonds is 2. The summed E-state index contributed by atoms with van der Waals surface area (Å²) in [5.41, 5.74) is 1.58. The molecule has 0 N–H and O–H groups in total. The average molecular weight is 399 g/mol. The van der Waals surface area contributed by atoms with Crippen LogP contribution in [0.3, 0.4) is 0 Å². The molecule has 0 atom stereocenters. The standard InChI is InChI=1S/C21H13Cl2FN2O/c1-12-6-8-14(11-18(12)24)26-20(15-4-2-3-5-17(15)23)25-19-9-7-13(22)10-16(19)21(26)27/h2-11H,1H3. The molecule has 134 valence electrons. The van der Waals surface area contributed by atoms with E-state index in [1.807, 2.05) is 0 Å². The molecule has 4 aromatic rings. The van der Waals surface area contributed by atoms with Gasteiger partial charge in [0.1, 0.15) is 11.6 Å². The monoisotopic (exact) mass is 398 g/mol. The number of benzene rings is 3. The molecule has 27 heavy (non-hydrogen) atoms. The van der Waals surface area contributed by atoms with Gasteiger partial charge in [0.2, 0.25) is 0 Å². The van der Waals surface area contributed by atoms with E-state index >= 15 is 0 Å². The first kappa shape index (κ1) is 17.7. The molecule has 0 aliphatic heterocycles. The Balaban J connectivity index is 2.15. The van der Waals surface area contributed by atoms with Crippen LogP contribution < -0.4 is 5.56 Å². The minimum absolute atomic E-state index is 0.337. The van der Waals surface area contributed by atoms with Crippen LogP contribution in [0.25, 0.3) is 28.0 Å². The molecular formula is C21H13Cl2FN2O. The van der Waals surface area contributed by atoms with Gasteiger partial charge in [0.15, 0.2) is 0 Å². The van der Waals surface area contributed by atoms with Gasteiger partial charge in [0.05, 0.1) is 21.6 Å². The zero-order chi connectivity index (χ0) is 19.1. The molecule has 1 heterocycles. The molecule has 0 fully saturated rings. The number of hydrogen-bond acceptors (Lipinski definition) is 2. The summed E-state index contributed by atoms with van der Waals surface area (Å²) in [6, 6.07) is 16.6. The molecule has 0 saturated heterocycles. The van der Waals surface area contributed by atoms with Crippen molar-refractivity contribution in [2.45, 2.75) is 6.92 Å². The second-order valence-electron chi connectivity index (χ2n) is 6.15. The van der Waals surface area contributed by atoms with Gasteiger partial charge in [-0.2, -0.15) is 0 Å². The van der Waals surface area contributed by atoms with Crippen molar-refractivity contribution in [3.05, 3.63) is 92.4 Å². The lowest BCUT2D eigenvalue weighted by Gasteiger charge is -2.15. The lowest BCUT2D eigenvalue weighted by Crippen LogP contribution is -2.22. The lowest BCUT2D eigenvalue weighted by atomic mass is 10.1. The molecule has 3 nitrogen and oxygen atoms in total. The van der Waals surface area contributed by atoms with Crippen molar-refractivity contribution in [2.75, 3.05) is 0 Å². The molecule has 0 amide bonds. The molecule has 0 bridgehead atoms. The largest absolute Gasteiger partial charge is 0.268 e. The second kappa shape index (κ2) is 6.80. The first-order chi connectivity index (χ1) is 13.0. The van der Waals surface area contributed by atoms with Gasteiger partial charge in [0, 0.05) is 10.6 Å². The fourth-order valence-electron chi connectivity index (χ4n) is 2.94. The number of fused-ring (bicyclic) bond motifs is 1. The Morgan fingerprint density at radius 2 is 1.78 bits per heavy atom. The summed E-state index contributed by atoms with van der Waals surface area (Å²) in [5.74, 6) is -0.0700. The highest BCUT2D eigenvalue weighted by molar-refractivity contribution is 6.33. The Morgan fingerprint density at radius 1 is 1.00 bits per heavy atom. The summed E-state index contributed by atoms with van der Waals surface area (Å²) in [6.07, 6.45) is 0. The van der Waals surface area contributed by atoms with E-state index in [2.05, 4.69) is 4.98 Å². The highest BCUT2D eigenvalue weighted by atomic mass is 35.5. The third kappa shape index (κ3) is 3.11. The van der Waals surface area contributed by atoms with E-state index in [9.17, 15) is 9.18 Å². The van der Waals surface area contributed by atoms with Crippen molar-refractivity contribution in [3.63, 3.8) is 0 Å². The van der Waals surface area contributed by atoms with Crippen molar-refractivity contribution in [1.82, 2.24) is 9.55 Å². The van der Waals surface area contributed by atoms with Crippen LogP contribution in [0, 0.1) is 12.7 Å². The van der Waals surface area contributed by atoms with Gasteiger partial charge < -0.3 is 0 Å². The molecular weight excluding hydrogens is 386 g/mol. The van der Waals surface area contributed by atoms with Crippen LogP contribution in [-0.4, -0.2) is 9.55 Å². The fourth-order valence-corrected chi connectivity index (χ4v) is 3.33. The minimum Gasteiger partial charge on any atom is -0.268 e. The third-order valence-corrected chi connectivity index (χ3v) is 4.92. The van der Waals surface area contributed by atoms with Crippen molar-refractivity contribution in [1.29, 1.82) is 0 Å². The Morgan fingerprint density at radius 3 is 2.52 bits per heavy atom. The third-order valence-electron chi connectivity index (χ3n) is 4.36. The molecule has 0 unspecified atom stereocenters. The summed E-state index contributed by atoms with van der Waals surface area (Å²) < 4.78 is 15.6. The van der Waals surface area contributed by atoms with E-state index in [-0.39, 0.29) is 5.56 Å². The van der Waals surface area contributed by atoms with Crippen molar-refractivity contribution >= 4 is 34.1 Å². The normalized spacial score (nSPS) is 11.1. The fraction of sp³-hybridized carbons (Fsp3) is 0.0476. The molecule has 0 spiro atoms. The Hall–Kier alpha value is -2.69. The van der Waals surface area contributed by atoms with Gasteiger partial charge in [0.25, 0.3) is 5.56 Å². The maximum atomic E-state index is 14.2.